The monoisotopic (exact) mass is 405 g/mol. The summed E-state index contributed by atoms with van der Waals surface area (Å²) in [6.45, 7) is 7.31. The summed E-state index contributed by atoms with van der Waals surface area (Å²) in [5.41, 5.74) is 0.932. The molecule has 9 heteroatoms. The van der Waals surface area contributed by atoms with Crippen molar-refractivity contribution in [2.45, 2.75) is 32.5 Å². The first kappa shape index (κ1) is 21.7. The van der Waals surface area contributed by atoms with Gasteiger partial charge in [-0.1, -0.05) is 25.6 Å². The average molecular weight is 406 g/mol. The fraction of sp³-hybridized carbons (Fsp3) is 0.474. The number of methoxy groups -OCH3 is 1. The highest BCUT2D eigenvalue weighted by Gasteiger charge is 2.17. The molecule has 2 amide bonds. The molecule has 152 valence electrons. The van der Waals surface area contributed by atoms with Crippen LogP contribution in [0.1, 0.15) is 20.8 Å². The van der Waals surface area contributed by atoms with E-state index in [2.05, 4.69) is 34.7 Å². The van der Waals surface area contributed by atoms with Crippen molar-refractivity contribution in [1.82, 2.24) is 25.4 Å². The molecule has 0 aliphatic rings. The summed E-state index contributed by atoms with van der Waals surface area (Å²) < 4.78 is 7.23. The van der Waals surface area contributed by atoms with Gasteiger partial charge in [0.25, 0.3) is 0 Å². The van der Waals surface area contributed by atoms with Crippen LogP contribution in [0.15, 0.2) is 29.4 Å². The molecule has 28 heavy (non-hydrogen) atoms. The summed E-state index contributed by atoms with van der Waals surface area (Å²) in [5, 5.41) is 14.5. The molecule has 0 atom stereocenters. The smallest absolute Gasteiger partial charge is 0.239 e. The third-order valence-corrected chi connectivity index (χ3v) is 4.73. The predicted molar refractivity (Wildman–Crippen MR) is 109 cm³/mol. The van der Waals surface area contributed by atoms with Crippen molar-refractivity contribution in [3.63, 3.8) is 0 Å². The van der Waals surface area contributed by atoms with E-state index in [1.54, 1.807) is 7.11 Å². The third kappa shape index (κ3) is 6.26. The molecule has 1 aromatic heterocycles. The topological polar surface area (TPSA) is 98.1 Å². The van der Waals surface area contributed by atoms with Gasteiger partial charge in [-0.2, -0.15) is 0 Å². The Labute approximate surface area is 169 Å². The van der Waals surface area contributed by atoms with Crippen LogP contribution in [-0.2, 0) is 16.1 Å². The average Bonchev–Trinajstić information content (AvgIpc) is 3.07. The zero-order chi connectivity index (χ0) is 20.5. The van der Waals surface area contributed by atoms with Crippen LogP contribution in [-0.4, -0.2) is 52.5 Å². The Hall–Kier alpha value is -2.55. The summed E-state index contributed by atoms with van der Waals surface area (Å²) in [6, 6.07) is 7.64. The van der Waals surface area contributed by atoms with Crippen molar-refractivity contribution in [2.75, 3.05) is 26.0 Å². The highest BCUT2D eigenvalue weighted by atomic mass is 32.2. The van der Waals surface area contributed by atoms with Crippen molar-refractivity contribution in [3.05, 3.63) is 24.3 Å². The Morgan fingerprint density at radius 1 is 1.14 bits per heavy atom. The number of nitrogens with one attached hydrogen (secondary N) is 2. The zero-order valence-electron chi connectivity index (χ0n) is 16.7. The van der Waals surface area contributed by atoms with Gasteiger partial charge in [0, 0.05) is 18.7 Å². The highest BCUT2D eigenvalue weighted by molar-refractivity contribution is 7.99. The standard InChI is InChI=1S/C19H27N5O3S/c1-5-20-16(25)10-21-17(26)12-28-19-23-22-18(24(19)11-13(2)3)14-6-8-15(27-4)9-7-14/h6-9,13H,5,10-12H2,1-4H3,(H,20,25)(H,21,26). The van der Waals surface area contributed by atoms with Crippen LogP contribution in [0.25, 0.3) is 11.4 Å². The number of carbonyl (C=O) groups excluding carboxylic acids is 2. The molecule has 1 heterocycles. The van der Waals surface area contributed by atoms with Gasteiger partial charge in [-0.15, -0.1) is 10.2 Å². The molecule has 2 aromatic rings. The number of aromatic nitrogens is 3. The molecule has 0 radical (unpaired) electrons. The molecule has 0 saturated heterocycles. The number of hydrogen-bond acceptors (Lipinski definition) is 6. The van der Waals surface area contributed by atoms with Gasteiger partial charge in [0.1, 0.15) is 5.75 Å². The molecular formula is C19H27N5O3S. The summed E-state index contributed by atoms with van der Waals surface area (Å²) in [7, 11) is 1.63. The molecule has 0 bridgehead atoms. The lowest BCUT2D eigenvalue weighted by Crippen LogP contribution is -2.37. The molecule has 0 fully saturated rings. The van der Waals surface area contributed by atoms with E-state index < -0.39 is 0 Å². The summed E-state index contributed by atoms with van der Waals surface area (Å²) in [6.07, 6.45) is 0. The number of carbonyl (C=O) groups is 2. The molecular weight excluding hydrogens is 378 g/mol. The van der Waals surface area contributed by atoms with Gasteiger partial charge in [-0.3, -0.25) is 9.59 Å². The van der Waals surface area contributed by atoms with Gasteiger partial charge in [0.05, 0.1) is 19.4 Å². The Bertz CT molecular complexity index is 789. The third-order valence-electron chi connectivity index (χ3n) is 3.77. The van der Waals surface area contributed by atoms with E-state index in [-0.39, 0.29) is 24.1 Å². The number of amides is 2. The first-order chi connectivity index (χ1) is 13.4. The van der Waals surface area contributed by atoms with Crippen LogP contribution in [0.4, 0.5) is 0 Å². The van der Waals surface area contributed by atoms with Crippen molar-refractivity contribution in [3.8, 4) is 17.1 Å². The molecule has 2 N–H and O–H groups in total. The lowest BCUT2D eigenvalue weighted by atomic mass is 10.2. The lowest BCUT2D eigenvalue weighted by Gasteiger charge is -2.13. The van der Waals surface area contributed by atoms with Crippen LogP contribution in [0.3, 0.4) is 0 Å². The van der Waals surface area contributed by atoms with E-state index in [9.17, 15) is 9.59 Å². The number of ether oxygens (including phenoxy) is 1. The van der Waals surface area contributed by atoms with Gasteiger partial charge < -0.3 is 19.9 Å². The Kier molecular flexibility index (Phi) is 8.31. The minimum Gasteiger partial charge on any atom is -0.497 e. The van der Waals surface area contributed by atoms with E-state index >= 15 is 0 Å². The molecule has 2 rings (SSSR count). The molecule has 8 nitrogen and oxygen atoms in total. The van der Waals surface area contributed by atoms with E-state index in [1.807, 2.05) is 35.8 Å². The molecule has 1 aromatic carbocycles. The van der Waals surface area contributed by atoms with E-state index in [0.29, 0.717) is 17.6 Å². The van der Waals surface area contributed by atoms with Crippen molar-refractivity contribution < 1.29 is 14.3 Å². The van der Waals surface area contributed by atoms with Gasteiger partial charge in [-0.05, 0) is 37.1 Å². The maximum atomic E-state index is 12.0. The molecule has 0 spiro atoms. The zero-order valence-corrected chi connectivity index (χ0v) is 17.5. The number of likely N-dealkylation sites (N-methyl/N-ethyl adjacent to an activating group) is 1. The van der Waals surface area contributed by atoms with Crippen molar-refractivity contribution >= 4 is 23.6 Å². The first-order valence-electron chi connectivity index (χ1n) is 9.18. The second-order valence-corrected chi connectivity index (χ2v) is 7.50. The molecule has 0 unspecified atom stereocenters. The number of nitrogens with zero attached hydrogens (tertiary/aromatic N) is 3. The minimum absolute atomic E-state index is 0.0248. The molecule has 0 saturated carbocycles. The van der Waals surface area contributed by atoms with Crippen LogP contribution in [0.5, 0.6) is 5.75 Å². The Morgan fingerprint density at radius 3 is 2.46 bits per heavy atom. The van der Waals surface area contributed by atoms with E-state index in [0.717, 1.165) is 23.7 Å². The summed E-state index contributed by atoms with van der Waals surface area (Å²) in [5.74, 6) is 1.66. The second kappa shape index (κ2) is 10.7. The maximum Gasteiger partial charge on any atom is 0.239 e. The van der Waals surface area contributed by atoms with Crippen molar-refractivity contribution in [2.24, 2.45) is 5.92 Å². The minimum atomic E-state index is -0.221. The van der Waals surface area contributed by atoms with E-state index in [4.69, 9.17) is 4.74 Å². The molecule has 0 aliphatic carbocycles. The van der Waals surface area contributed by atoms with Gasteiger partial charge in [0.2, 0.25) is 11.8 Å². The Balaban J connectivity index is 2.08. The Morgan fingerprint density at radius 2 is 1.86 bits per heavy atom. The number of benzene rings is 1. The largest absolute Gasteiger partial charge is 0.497 e. The summed E-state index contributed by atoms with van der Waals surface area (Å²) in [4.78, 5) is 23.5. The lowest BCUT2D eigenvalue weighted by molar-refractivity contribution is -0.124. The van der Waals surface area contributed by atoms with Crippen LogP contribution in [0.2, 0.25) is 0 Å². The second-order valence-electron chi connectivity index (χ2n) is 6.56. The maximum absolute atomic E-state index is 12.0. The predicted octanol–water partition coefficient (Wildman–Crippen LogP) is 1.95. The number of thioether (sulfide) groups is 1. The van der Waals surface area contributed by atoms with Crippen LogP contribution in [0, 0.1) is 5.92 Å². The SMILES string of the molecule is CCNC(=O)CNC(=O)CSc1nnc(-c2ccc(OC)cc2)n1CC(C)C. The van der Waals surface area contributed by atoms with Crippen molar-refractivity contribution in [1.29, 1.82) is 0 Å². The van der Waals surface area contributed by atoms with E-state index in [1.165, 1.54) is 11.8 Å². The van der Waals surface area contributed by atoms with Gasteiger partial charge in [0.15, 0.2) is 11.0 Å². The van der Waals surface area contributed by atoms with Crippen LogP contribution >= 0.6 is 11.8 Å². The first-order valence-corrected chi connectivity index (χ1v) is 10.2. The highest BCUT2D eigenvalue weighted by Crippen LogP contribution is 2.26. The van der Waals surface area contributed by atoms with Gasteiger partial charge in [-0.25, -0.2) is 0 Å². The number of hydrogen-bond donors (Lipinski definition) is 2. The quantitative estimate of drug-likeness (QED) is 0.587. The van der Waals surface area contributed by atoms with Crippen LogP contribution < -0.4 is 15.4 Å². The number of rotatable bonds is 10. The fourth-order valence-electron chi connectivity index (χ4n) is 2.50. The normalized spacial score (nSPS) is 10.8. The fourth-order valence-corrected chi connectivity index (χ4v) is 3.28. The van der Waals surface area contributed by atoms with Gasteiger partial charge >= 0.3 is 0 Å². The molecule has 0 aliphatic heterocycles. The summed E-state index contributed by atoms with van der Waals surface area (Å²) >= 11 is 1.31.